The van der Waals surface area contributed by atoms with Crippen LogP contribution in [0.2, 0.25) is 0 Å². The van der Waals surface area contributed by atoms with Gasteiger partial charge in [0.2, 0.25) is 0 Å². The molecule has 2 aliphatic rings. The van der Waals surface area contributed by atoms with Gasteiger partial charge < -0.3 is 4.74 Å². The van der Waals surface area contributed by atoms with Crippen molar-refractivity contribution in [3.8, 4) is 0 Å². The van der Waals surface area contributed by atoms with Gasteiger partial charge in [-0.2, -0.15) is 0 Å². The molecule has 98 valence electrons. The molecule has 2 aliphatic heterocycles. The summed E-state index contributed by atoms with van der Waals surface area (Å²) < 4.78 is 30.7. The fourth-order valence-corrected chi connectivity index (χ4v) is 4.93. The van der Waals surface area contributed by atoms with Gasteiger partial charge in [0.25, 0.3) is 0 Å². The molecule has 0 aromatic heterocycles. The highest BCUT2D eigenvalue weighted by molar-refractivity contribution is 7.93. The van der Waals surface area contributed by atoms with E-state index in [1.165, 1.54) is 0 Å². The van der Waals surface area contributed by atoms with E-state index in [-0.39, 0.29) is 12.2 Å². The predicted octanol–water partition coefficient (Wildman–Crippen LogP) is 2.72. The zero-order valence-electron chi connectivity index (χ0n) is 11.1. The van der Waals surface area contributed by atoms with Crippen LogP contribution < -0.4 is 0 Å². The molecule has 0 radical (unpaired) electrons. The molecule has 0 bridgehead atoms. The molecule has 0 spiro atoms. The minimum absolute atomic E-state index is 0.00840. The summed E-state index contributed by atoms with van der Waals surface area (Å²) in [5.41, 5.74) is 0.413. The summed E-state index contributed by atoms with van der Waals surface area (Å²) in [7, 11) is -3.35. The largest absolute Gasteiger partial charge is 0.364 e. The Morgan fingerprint density at radius 3 is 2.39 bits per heavy atom. The van der Waals surface area contributed by atoms with Gasteiger partial charge in [0.05, 0.1) is 15.7 Å². The summed E-state index contributed by atoms with van der Waals surface area (Å²) >= 11 is 0. The number of fused-ring (bicyclic) bond motifs is 3. The van der Waals surface area contributed by atoms with Crippen molar-refractivity contribution in [1.29, 1.82) is 0 Å². The lowest BCUT2D eigenvalue weighted by atomic mass is 9.76. The lowest BCUT2D eigenvalue weighted by Crippen LogP contribution is -2.48. The van der Waals surface area contributed by atoms with Gasteiger partial charge in [-0.05, 0) is 19.9 Å². The molecule has 2 heterocycles. The SMILES string of the molecule is CC1(C)C2OC2c2ccccc2S(=O)(=O)C1(C)C. The molecule has 4 heteroatoms. The van der Waals surface area contributed by atoms with Crippen LogP contribution in [0.25, 0.3) is 0 Å². The Kier molecular flexibility index (Phi) is 2.14. The summed E-state index contributed by atoms with van der Waals surface area (Å²) in [6, 6.07) is 7.22. The highest BCUT2D eigenvalue weighted by Crippen LogP contribution is 2.60. The van der Waals surface area contributed by atoms with Crippen molar-refractivity contribution >= 4 is 9.84 Å². The van der Waals surface area contributed by atoms with Crippen LogP contribution in [-0.2, 0) is 14.6 Å². The third-order valence-electron chi connectivity index (χ3n) is 4.94. The first-order valence-corrected chi connectivity index (χ1v) is 7.68. The molecule has 0 amide bonds. The van der Waals surface area contributed by atoms with Gasteiger partial charge in [0, 0.05) is 11.0 Å². The minimum Gasteiger partial charge on any atom is -0.364 e. The van der Waals surface area contributed by atoms with Crippen LogP contribution in [0.5, 0.6) is 0 Å². The Bertz CT molecular complexity index is 614. The lowest BCUT2D eigenvalue weighted by Gasteiger charge is -2.39. The third kappa shape index (κ3) is 1.20. The molecular formula is C14H18O3S. The van der Waals surface area contributed by atoms with Crippen LogP contribution in [0, 0.1) is 5.41 Å². The second kappa shape index (κ2) is 3.17. The Labute approximate surface area is 108 Å². The predicted molar refractivity (Wildman–Crippen MR) is 69.1 cm³/mol. The fourth-order valence-electron chi connectivity index (χ4n) is 2.82. The van der Waals surface area contributed by atoms with Gasteiger partial charge in [0.1, 0.15) is 6.10 Å². The highest BCUT2D eigenvalue weighted by Gasteiger charge is 2.64. The monoisotopic (exact) mass is 266 g/mol. The second-order valence-electron chi connectivity index (χ2n) is 6.25. The number of ether oxygens (including phenoxy) is 1. The highest BCUT2D eigenvalue weighted by atomic mass is 32.2. The van der Waals surface area contributed by atoms with E-state index < -0.39 is 20.0 Å². The quantitative estimate of drug-likeness (QED) is 0.678. The maximum Gasteiger partial charge on any atom is 0.184 e. The number of benzene rings is 1. The van der Waals surface area contributed by atoms with Crippen molar-refractivity contribution in [3.63, 3.8) is 0 Å². The number of epoxide rings is 1. The summed E-state index contributed by atoms with van der Waals surface area (Å²) in [5.74, 6) is 0. The van der Waals surface area contributed by atoms with Crippen molar-refractivity contribution in [3.05, 3.63) is 29.8 Å². The van der Waals surface area contributed by atoms with E-state index in [1.807, 2.05) is 39.8 Å². The van der Waals surface area contributed by atoms with Gasteiger partial charge in [-0.3, -0.25) is 0 Å². The Morgan fingerprint density at radius 1 is 1.11 bits per heavy atom. The summed E-state index contributed by atoms with van der Waals surface area (Å²) in [6.45, 7) is 7.59. The Morgan fingerprint density at radius 2 is 1.72 bits per heavy atom. The maximum absolute atomic E-state index is 12.9. The van der Waals surface area contributed by atoms with Crippen molar-refractivity contribution in [1.82, 2.24) is 0 Å². The van der Waals surface area contributed by atoms with Crippen molar-refractivity contribution in [2.24, 2.45) is 5.41 Å². The summed E-state index contributed by atoms with van der Waals surface area (Å²) in [4.78, 5) is 0.438. The molecule has 2 unspecified atom stereocenters. The Hall–Kier alpha value is -0.870. The minimum atomic E-state index is -3.35. The maximum atomic E-state index is 12.9. The van der Waals surface area contributed by atoms with Gasteiger partial charge >= 0.3 is 0 Å². The molecule has 0 aliphatic carbocycles. The average molecular weight is 266 g/mol. The van der Waals surface area contributed by atoms with E-state index in [2.05, 4.69) is 0 Å². The van der Waals surface area contributed by atoms with Crippen LogP contribution in [0.4, 0.5) is 0 Å². The molecule has 18 heavy (non-hydrogen) atoms. The van der Waals surface area contributed by atoms with Gasteiger partial charge in [-0.1, -0.05) is 32.0 Å². The fraction of sp³-hybridized carbons (Fsp3) is 0.571. The molecule has 3 nitrogen and oxygen atoms in total. The van der Waals surface area contributed by atoms with Crippen molar-refractivity contribution in [2.75, 3.05) is 0 Å². The number of sulfone groups is 1. The molecule has 2 atom stereocenters. The topological polar surface area (TPSA) is 46.7 Å². The van der Waals surface area contributed by atoms with Crippen LogP contribution in [0.15, 0.2) is 29.2 Å². The van der Waals surface area contributed by atoms with Gasteiger partial charge in [-0.15, -0.1) is 0 Å². The molecule has 1 fully saturated rings. The molecule has 3 rings (SSSR count). The van der Waals surface area contributed by atoms with E-state index >= 15 is 0 Å². The van der Waals surface area contributed by atoms with Gasteiger partial charge in [-0.25, -0.2) is 8.42 Å². The van der Waals surface area contributed by atoms with Crippen molar-refractivity contribution in [2.45, 2.75) is 49.5 Å². The average Bonchev–Trinajstić information content (AvgIpc) is 3.08. The second-order valence-corrected chi connectivity index (χ2v) is 8.72. The first-order chi connectivity index (χ1) is 8.21. The third-order valence-corrected chi connectivity index (χ3v) is 7.76. The molecular weight excluding hydrogens is 248 g/mol. The molecule has 1 aromatic carbocycles. The zero-order chi connectivity index (χ0) is 13.3. The molecule has 1 saturated heterocycles. The summed E-state index contributed by atoms with van der Waals surface area (Å²) in [5, 5.41) is 0. The lowest BCUT2D eigenvalue weighted by molar-refractivity contribution is 0.187. The smallest absolute Gasteiger partial charge is 0.184 e. The zero-order valence-corrected chi connectivity index (χ0v) is 11.9. The normalized spacial score (nSPS) is 34.0. The van der Waals surface area contributed by atoms with Crippen LogP contribution in [0.3, 0.4) is 0 Å². The van der Waals surface area contributed by atoms with Crippen molar-refractivity contribution < 1.29 is 13.2 Å². The van der Waals surface area contributed by atoms with E-state index in [0.29, 0.717) is 4.90 Å². The summed E-state index contributed by atoms with van der Waals surface area (Å²) in [6.07, 6.45) is -0.0707. The Balaban J connectivity index is 2.35. The van der Waals surface area contributed by atoms with Crippen LogP contribution in [-0.4, -0.2) is 19.3 Å². The number of rotatable bonds is 0. The molecule has 0 N–H and O–H groups in total. The number of hydrogen-bond acceptors (Lipinski definition) is 3. The van der Waals surface area contributed by atoms with E-state index in [4.69, 9.17) is 4.74 Å². The van der Waals surface area contributed by atoms with E-state index in [9.17, 15) is 8.42 Å². The first kappa shape index (κ1) is 12.2. The van der Waals surface area contributed by atoms with Gasteiger partial charge in [0.15, 0.2) is 9.84 Å². The van der Waals surface area contributed by atoms with Crippen LogP contribution >= 0.6 is 0 Å². The number of hydrogen-bond donors (Lipinski definition) is 0. The standard InChI is InChI=1S/C14H18O3S/c1-13(2)12-11(17-12)9-7-5-6-8-10(9)18(15,16)14(13,3)4/h5-8,11-12H,1-4H3. The molecule has 1 aromatic rings. The van der Waals surface area contributed by atoms with E-state index in [1.54, 1.807) is 12.1 Å². The first-order valence-electron chi connectivity index (χ1n) is 6.20. The molecule has 0 saturated carbocycles. The van der Waals surface area contributed by atoms with E-state index in [0.717, 1.165) is 5.56 Å². The van der Waals surface area contributed by atoms with Crippen LogP contribution in [0.1, 0.15) is 39.4 Å².